The van der Waals surface area contributed by atoms with Crippen LogP contribution >= 0.6 is 0 Å². The predicted molar refractivity (Wildman–Crippen MR) is 111 cm³/mol. The van der Waals surface area contributed by atoms with Gasteiger partial charge in [-0.2, -0.15) is 0 Å². The molecule has 1 saturated heterocycles. The SMILES string of the molecule is CN(Cc1ccccc1)C(=O)[C@H](CCc1ccccc1)NC(=O)[C@@H]1CCCN1. The van der Waals surface area contributed by atoms with Gasteiger partial charge in [0.15, 0.2) is 0 Å². The fraction of sp³-hybridized carbons (Fsp3) is 0.391. The van der Waals surface area contributed by atoms with Crippen LogP contribution in [0.4, 0.5) is 0 Å². The van der Waals surface area contributed by atoms with Gasteiger partial charge in [-0.1, -0.05) is 60.7 Å². The molecule has 3 rings (SSSR count). The molecule has 1 heterocycles. The van der Waals surface area contributed by atoms with E-state index in [1.807, 2.05) is 48.5 Å². The Morgan fingerprint density at radius 2 is 1.71 bits per heavy atom. The summed E-state index contributed by atoms with van der Waals surface area (Å²) in [5.74, 6) is -0.122. The highest BCUT2D eigenvalue weighted by Gasteiger charge is 2.28. The maximum Gasteiger partial charge on any atom is 0.245 e. The lowest BCUT2D eigenvalue weighted by Gasteiger charge is -2.26. The molecule has 0 radical (unpaired) electrons. The lowest BCUT2D eigenvalue weighted by Crippen LogP contribution is -2.51. The van der Waals surface area contributed by atoms with Crippen LogP contribution in [0, 0.1) is 0 Å². The summed E-state index contributed by atoms with van der Waals surface area (Å²) >= 11 is 0. The summed E-state index contributed by atoms with van der Waals surface area (Å²) in [6.07, 6.45) is 3.15. The van der Waals surface area contributed by atoms with Crippen molar-refractivity contribution in [2.45, 2.75) is 44.3 Å². The summed E-state index contributed by atoms with van der Waals surface area (Å²) in [6, 6.07) is 19.3. The molecule has 5 heteroatoms. The van der Waals surface area contributed by atoms with E-state index in [9.17, 15) is 9.59 Å². The number of nitrogens with zero attached hydrogens (tertiary/aromatic N) is 1. The highest BCUT2D eigenvalue weighted by molar-refractivity contribution is 5.89. The quantitative estimate of drug-likeness (QED) is 0.741. The van der Waals surface area contributed by atoms with Crippen molar-refractivity contribution < 1.29 is 9.59 Å². The fourth-order valence-electron chi connectivity index (χ4n) is 3.59. The molecule has 2 N–H and O–H groups in total. The number of rotatable bonds is 8. The Morgan fingerprint density at radius 3 is 2.32 bits per heavy atom. The van der Waals surface area contributed by atoms with E-state index < -0.39 is 6.04 Å². The molecule has 1 aliphatic rings. The number of aryl methyl sites for hydroxylation is 1. The molecule has 0 unspecified atom stereocenters. The predicted octanol–water partition coefficient (Wildman–Crippen LogP) is 2.51. The lowest BCUT2D eigenvalue weighted by molar-refractivity contribution is -0.136. The van der Waals surface area contributed by atoms with E-state index in [-0.39, 0.29) is 17.9 Å². The molecule has 0 spiro atoms. The minimum absolute atomic E-state index is 0.0499. The average Bonchev–Trinajstić information content (AvgIpc) is 3.27. The summed E-state index contributed by atoms with van der Waals surface area (Å²) < 4.78 is 0. The first-order chi connectivity index (χ1) is 13.6. The minimum Gasteiger partial charge on any atom is -0.343 e. The minimum atomic E-state index is -0.524. The molecule has 2 amide bonds. The summed E-state index contributed by atoms with van der Waals surface area (Å²) in [7, 11) is 1.80. The van der Waals surface area contributed by atoms with Gasteiger partial charge in [0.1, 0.15) is 6.04 Å². The number of hydrogen-bond acceptors (Lipinski definition) is 3. The molecule has 1 aliphatic heterocycles. The van der Waals surface area contributed by atoms with Crippen molar-refractivity contribution in [3.63, 3.8) is 0 Å². The van der Waals surface area contributed by atoms with Gasteiger partial charge in [0, 0.05) is 13.6 Å². The third kappa shape index (κ3) is 5.67. The zero-order valence-electron chi connectivity index (χ0n) is 16.4. The molecule has 2 aromatic carbocycles. The van der Waals surface area contributed by atoms with Crippen molar-refractivity contribution in [1.82, 2.24) is 15.5 Å². The monoisotopic (exact) mass is 379 g/mol. The molecular weight excluding hydrogens is 350 g/mol. The molecule has 5 nitrogen and oxygen atoms in total. The van der Waals surface area contributed by atoms with Gasteiger partial charge in [0.05, 0.1) is 6.04 Å². The Kier molecular flexibility index (Phi) is 7.20. The summed E-state index contributed by atoms with van der Waals surface area (Å²) in [6.45, 7) is 1.38. The number of benzene rings is 2. The molecule has 1 fully saturated rings. The van der Waals surface area contributed by atoms with Gasteiger partial charge in [0.25, 0.3) is 0 Å². The van der Waals surface area contributed by atoms with Crippen molar-refractivity contribution in [3.05, 3.63) is 71.8 Å². The summed E-state index contributed by atoms with van der Waals surface area (Å²) in [4.78, 5) is 27.4. The molecule has 148 valence electrons. The number of amides is 2. The molecule has 0 aliphatic carbocycles. The molecule has 0 aromatic heterocycles. The van der Waals surface area contributed by atoms with E-state index in [0.717, 1.165) is 31.4 Å². The van der Waals surface area contributed by atoms with E-state index in [1.165, 1.54) is 5.56 Å². The van der Waals surface area contributed by atoms with Crippen LogP contribution in [0.2, 0.25) is 0 Å². The number of likely N-dealkylation sites (N-methyl/N-ethyl adjacent to an activating group) is 1. The van der Waals surface area contributed by atoms with E-state index in [2.05, 4.69) is 22.8 Å². The second-order valence-corrected chi connectivity index (χ2v) is 7.41. The van der Waals surface area contributed by atoms with Crippen LogP contribution in [0.25, 0.3) is 0 Å². The number of nitrogens with one attached hydrogen (secondary N) is 2. The van der Waals surface area contributed by atoms with Crippen LogP contribution in [0.1, 0.15) is 30.4 Å². The van der Waals surface area contributed by atoms with E-state index in [0.29, 0.717) is 13.0 Å². The fourth-order valence-corrected chi connectivity index (χ4v) is 3.59. The van der Waals surface area contributed by atoms with Gasteiger partial charge >= 0.3 is 0 Å². The molecule has 2 atom stereocenters. The second-order valence-electron chi connectivity index (χ2n) is 7.41. The zero-order valence-corrected chi connectivity index (χ0v) is 16.4. The van der Waals surface area contributed by atoms with Crippen molar-refractivity contribution in [3.8, 4) is 0 Å². The lowest BCUT2D eigenvalue weighted by atomic mass is 10.0. The second kappa shape index (κ2) is 10.0. The third-order valence-electron chi connectivity index (χ3n) is 5.19. The van der Waals surface area contributed by atoms with Gasteiger partial charge in [0.2, 0.25) is 11.8 Å². The maximum absolute atomic E-state index is 13.1. The van der Waals surface area contributed by atoms with Crippen LogP contribution in [-0.2, 0) is 22.6 Å². The molecule has 0 bridgehead atoms. The standard InChI is InChI=1S/C23H29N3O2/c1-26(17-19-11-6-3-7-12-19)23(28)21(15-14-18-9-4-2-5-10-18)25-22(27)20-13-8-16-24-20/h2-7,9-12,20-21,24H,8,13-17H2,1H3,(H,25,27)/t20-,21-/m0/s1. The van der Waals surface area contributed by atoms with Crippen molar-refractivity contribution >= 4 is 11.8 Å². The van der Waals surface area contributed by atoms with Crippen LogP contribution in [0.5, 0.6) is 0 Å². The van der Waals surface area contributed by atoms with E-state index in [1.54, 1.807) is 11.9 Å². The Balaban J connectivity index is 1.66. The Hall–Kier alpha value is -2.66. The zero-order chi connectivity index (χ0) is 19.8. The summed E-state index contributed by atoms with van der Waals surface area (Å²) in [5, 5.41) is 6.21. The Morgan fingerprint density at radius 1 is 1.07 bits per heavy atom. The highest BCUT2D eigenvalue weighted by atomic mass is 16.2. The van der Waals surface area contributed by atoms with Gasteiger partial charge < -0.3 is 15.5 Å². The van der Waals surface area contributed by atoms with Crippen molar-refractivity contribution in [2.24, 2.45) is 0 Å². The van der Waals surface area contributed by atoms with Crippen LogP contribution < -0.4 is 10.6 Å². The van der Waals surface area contributed by atoms with Crippen LogP contribution in [-0.4, -0.2) is 42.4 Å². The highest BCUT2D eigenvalue weighted by Crippen LogP contribution is 2.11. The van der Waals surface area contributed by atoms with Crippen LogP contribution in [0.15, 0.2) is 60.7 Å². The topological polar surface area (TPSA) is 61.4 Å². The first-order valence-corrected chi connectivity index (χ1v) is 10.00. The van der Waals surface area contributed by atoms with Crippen molar-refractivity contribution in [2.75, 3.05) is 13.6 Å². The largest absolute Gasteiger partial charge is 0.343 e. The smallest absolute Gasteiger partial charge is 0.245 e. The first kappa shape index (κ1) is 20.1. The van der Waals surface area contributed by atoms with E-state index >= 15 is 0 Å². The Bertz CT molecular complexity index is 758. The normalized spacial score (nSPS) is 17.1. The van der Waals surface area contributed by atoms with Gasteiger partial charge in [-0.25, -0.2) is 0 Å². The molecule has 0 saturated carbocycles. The number of carbonyl (C=O) groups excluding carboxylic acids is 2. The first-order valence-electron chi connectivity index (χ1n) is 10.00. The summed E-state index contributed by atoms with van der Waals surface area (Å²) in [5.41, 5.74) is 2.24. The van der Waals surface area contributed by atoms with Gasteiger partial charge in [-0.3, -0.25) is 9.59 Å². The maximum atomic E-state index is 13.1. The molecule has 28 heavy (non-hydrogen) atoms. The van der Waals surface area contributed by atoms with Crippen molar-refractivity contribution in [1.29, 1.82) is 0 Å². The van der Waals surface area contributed by atoms with Gasteiger partial charge in [-0.15, -0.1) is 0 Å². The average molecular weight is 380 g/mol. The molecular formula is C23H29N3O2. The Labute approximate surface area is 167 Å². The number of carbonyl (C=O) groups is 2. The molecule has 2 aromatic rings. The van der Waals surface area contributed by atoms with E-state index in [4.69, 9.17) is 0 Å². The number of hydrogen-bond donors (Lipinski definition) is 2. The van der Waals surface area contributed by atoms with Crippen LogP contribution in [0.3, 0.4) is 0 Å². The van der Waals surface area contributed by atoms with Gasteiger partial charge in [-0.05, 0) is 43.4 Å². The third-order valence-corrected chi connectivity index (χ3v) is 5.19.